The van der Waals surface area contributed by atoms with Crippen LogP contribution in [0.15, 0.2) is 35.7 Å². The molecule has 0 saturated carbocycles. The molecule has 2 aliphatic rings. The second-order valence-corrected chi connectivity index (χ2v) is 7.94. The second kappa shape index (κ2) is 6.81. The van der Waals surface area contributed by atoms with Crippen molar-refractivity contribution in [1.29, 1.82) is 5.26 Å². The van der Waals surface area contributed by atoms with Gasteiger partial charge in [-0.1, -0.05) is 6.07 Å². The Labute approximate surface area is 169 Å². The van der Waals surface area contributed by atoms with Crippen molar-refractivity contribution in [2.75, 3.05) is 31.1 Å². The van der Waals surface area contributed by atoms with Gasteiger partial charge < -0.3 is 14.5 Å². The van der Waals surface area contributed by atoms with Crippen LogP contribution < -0.4 is 9.64 Å². The average molecular weight is 417 g/mol. The monoisotopic (exact) mass is 417 g/mol. The summed E-state index contributed by atoms with van der Waals surface area (Å²) in [5.74, 6) is -1.24. The molecule has 0 N–H and O–H groups in total. The number of hydrogen-bond donors (Lipinski definition) is 0. The molecule has 2 atom stereocenters. The van der Waals surface area contributed by atoms with Gasteiger partial charge in [-0.05, 0) is 36.6 Å². The number of amides is 2. The van der Waals surface area contributed by atoms with Crippen LogP contribution >= 0.6 is 11.3 Å². The molecule has 0 aliphatic carbocycles. The van der Waals surface area contributed by atoms with E-state index < -0.39 is 42.8 Å². The molecule has 0 unspecified atom stereocenters. The number of thiophene rings is 1. The normalized spacial score (nSPS) is 25.8. The molecule has 6 nitrogen and oxygen atoms in total. The zero-order valence-electron chi connectivity index (χ0n) is 15.5. The van der Waals surface area contributed by atoms with E-state index >= 15 is 8.78 Å². The van der Waals surface area contributed by atoms with Gasteiger partial charge >= 0.3 is 0 Å². The van der Waals surface area contributed by atoms with E-state index in [0.717, 1.165) is 21.1 Å². The summed E-state index contributed by atoms with van der Waals surface area (Å²) in [6.07, 6.45) is 0. The molecule has 9 heteroatoms. The van der Waals surface area contributed by atoms with Crippen LogP contribution in [-0.2, 0) is 4.79 Å². The number of alkyl halides is 2. The summed E-state index contributed by atoms with van der Waals surface area (Å²) in [5.41, 5.74) is -4.84. The number of halogens is 2. The molecule has 2 fully saturated rings. The minimum Gasteiger partial charge on any atom is -0.492 e. The van der Waals surface area contributed by atoms with Crippen molar-refractivity contribution in [3.05, 3.63) is 46.2 Å². The number of anilines is 1. The lowest BCUT2D eigenvalue weighted by molar-refractivity contribution is -0.130. The van der Waals surface area contributed by atoms with Crippen LogP contribution in [0.25, 0.3) is 0 Å². The molecule has 2 aromatic rings. The van der Waals surface area contributed by atoms with E-state index in [1.54, 1.807) is 30.5 Å². The van der Waals surface area contributed by atoms with Gasteiger partial charge in [0.25, 0.3) is 11.8 Å². The van der Waals surface area contributed by atoms with E-state index in [2.05, 4.69) is 0 Å². The Balaban J connectivity index is 1.60. The second-order valence-electron chi connectivity index (χ2n) is 7.03. The van der Waals surface area contributed by atoms with Crippen molar-refractivity contribution in [1.82, 2.24) is 4.90 Å². The molecule has 0 radical (unpaired) electrons. The summed E-state index contributed by atoms with van der Waals surface area (Å²) in [4.78, 5) is 27.9. The Morgan fingerprint density at radius 3 is 2.79 bits per heavy atom. The fourth-order valence-corrected chi connectivity index (χ4v) is 4.62. The quantitative estimate of drug-likeness (QED) is 0.767. The molecule has 2 aliphatic heterocycles. The Kier molecular flexibility index (Phi) is 4.54. The number of hydrogen-bond acceptors (Lipinski definition) is 5. The van der Waals surface area contributed by atoms with E-state index in [1.807, 2.05) is 6.07 Å². The maximum Gasteiger partial charge on any atom is 0.270 e. The van der Waals surface area contributed by atoms with Gasteiger partial charge in [0, 0.05) is 5.69 Å². The molecule has 2 saturated heterocycles. The summed E-state index contributed by atoms with van der Waals surface area (Å²) in [6.45, 7) is 0.398. The predicted octanol–water partition coefficient (Wildman–Crippen LogP) is 2.94. The lowest BCUT2D eigenvalue weighted by Crippen LogP contribution is -2.47. The molecule has 150 valence electrons. The van der Waals surface area contributed by atoms with Crippen LogP contribution in [-0.4, -0.2) is 54.3 Å². The number of fused-ring (bicyclic) bond motifs is 1. The summed E-state index contributed by atoms with van der Waals surface area (Å²) in [7, 11) is 0. The Bertz CT molecular complexity index is 1040. The van der Waals surface area contributed by atoms with Gasteiger partial charge in [0.15, 0.2) is 5.67 Å². The first-order valence-electron chi connectivity index (χ1n) is 9.02. The van der Waals surface area contributed by atoms with Crippen LogP contribution in [0.4, 0.5) is 14.5 Å². The zero-order chi connectivity index (χ0) is 20.8. The summed E-state index contributed by atoms with van der Waals surface area (Å²) >= 11 is 1.13. The average Bonchev–Trinajstić information content (AvgIpc) is 3.33. The number of carbonyl (C=O) groups excluding carboxylic acids is 2. The number of nitrogens with zero attached hydrogens (tertiary/aromatic N) is 3. The standard InChI is InChI=1S/C20H17F2N3O3S/c1-2-28-15-6-7-29-16(15)17(26)24-10-19(21)11-25(18(27)20(19,22)12-24)14-5-3-4-13(8-14)9-23/h3-8H,2,10-12H2,1H3/t19-,20+/m1/s1. The van der Waals surface area contributed by atoms with Crippen LogP contribution in [0.5, 0.6) is 5.75 Å². The number of benzene rings is 1. The number of nitriles is 1. The highest BCUT2D eigenvalue weighted by Crippen LogP contribution is 2.47. The van der Waals surface area contributed by atoms with Gasteiger partial charge in [-0.25, -0.2) is 8.78 Å². The van der Waals surface area contributed by atoms with Crippen molar-refractivity contribution < 1.29 is 23.1 Å². The van der Waals surface area contributed by atoms with Crippen molar-refractivity contribution in [3.63, 3.8) is 0 Å². The van der Waals surface area contributed by atoms with E-state index in [4.69, 9.17) is 10.00 Å². The Morgan fingerprint density at radius 2 is 2.10 bits per heavy atom. The maximum absolute atomic E-state index is 15.6. The van der Waals surface area contributed by atoms with Gasteiger partial charge in [-0.15, -0.1) is 11.3 Å². The van der Waals surface area contributed by atoms with Crippen molar-refractivity contribution in [2.24, 2.45) is 0 Å². The molecule has 0 spiro atoms. The first-order valence-corrected chi connectivity index (χ1v) is 9.90. The Hall–Kier alpha value is -2.99. The van der Waals surface area contributed by atoms with Crippen LogP contribution in [0, 0.1) is 11.3 Å². The first kappa shape index (κ1) is 19.3. The lowest BCUT2D eigenvalue weighted by atomic mass is 9.93. The maximum atomic E-state index is 15.6. The molecular formula is C20H17F2N3O3S. The third kappa shape index (κ3) is 2.86. The highest BCUT2D eigenvalue weighted by Gasteiger charge is 2.72. The highest BCUT2D eigenvalue weighted by atomic mass is 32.1. The van der Waals surface area contributed by atoms with Gasteiger partial charge in [0.2, 0.25) is 5.67 Å². The third-order valence-electron chi connectivity index (χ3n) is 5.25. The fraction of sp³-hybridized carbons (Fsp3) is 0.350. The van der Waals surface area contributed by atoms with E-state index in [9.17, 15) is 9.59 Å². The van der Waals surface area contributed by atoms with Gasteiger partial charge in [0.05, 0.1) is 37.9 Å². The topological polar surface area (TPSA) is 73.6 Å². The van der Waals surface area contributed by atoms with Crippen molar-refractivity contribution in [2.45, 2.75) is 18.3 Å². The number of rotatable bonds is 4. The predicted molar refractivity (Wildman–Crippen MR) is 103 cm³/mol. The SMILES string of the molecule is CCOc1ccsc1C(=O)N1C[C@@]2(F)CN(c3cccc(C#N)c3)C(=O)[C@@]2(F)C1. The van der Waals surface area contributed by atoms with Crippen LogP contribution in [0.1, 0.15) is 22.2 Å². The highest BCUT2D eigenvalue weighted by molar-refractivity contribution is 7.12. The minimum atomic E-state index is -2.84. The van der Waals surface area contributed by atoms with Gasteiger partial charge in [-0.2, -0.15) is 5.26 Å². The summed E-state index contributed by atoms with van der Waals surface area (Å²) in [6, 6.07) is 9.59. The van der Waals surface area contributed by atoms with Crippen molar-refractivity contribution in [3.8, 4) is 11.8 Å². The van der Waals surface area contributed by atoms with E-state index in [1.165, 1.54) is 12.1 Å². The molecule has 29 heavy (non-hydrogen) atoms. The van der Waals surface area contributed by atoms with E-state index in [-0.39, 0.29) is 16.1 Å². The number of carbonyl (C=O) groups is 2. The molecule has 0 bridgehead atoms. The molecule has 1 aromatic heterocycles. The molecule has 2 amide bonds. The van der Waals surface area contributed by atoms with Gasteiger partial charge in [0.1, 0.15) is 10.6 Å². The van der Waals surface area contributed by atoms with Crippen molar-refractivity contribution >= 4 is 28.8 Å². The molecule has 4 rings (SSSR count). The van der Waals surface area contributed by atoms with Gasteiger partial charge in [-0.3, -0.25) is 9.59 Å². The smallest absolute Gasteiger partial charge is 0.270 e. The fourth-order valence-electron chi connectivity index (χ4n) is 3.82. The van der Waals surface area contributed by atoms with Crippen LogP contribution in [0.3, 0.4) is 0 Å². The van der Waals surface area contributed by atoms with Crippen LogP contribution in [0.2, 0.25) is 0 Å². The summed E-state index contributed by atoms with van der Waals surface area (Å²) < 4.78 is 36.7. The summed E-state index contributed by atoms with van der Waals surface area (Å²) in [5, 5.41) is 10.7. The third-order valence-corrected chi connectivity index (χ3v) is 6.13. The molecular weight excluding hydrogens is 400 g/mol. The Morgan fingerprint density at radius 1 is 1.31 bits per heavy atom. The number of ether oxygens (including phenoxy) is 1. The van der Waals surface area contributed by atoms with E-state index in [0.29, 0.717) is 12.4 Å². The first-order chi connectivity index (χ1) is 13.8. The largest absolute Gasteiger partial charge is 0.492 e. The molecule has 3 heterocycles. The zero-order valence-corrected chi connectivity index (χ0v) is 16.3. The minimum absolute atomic E-state index is 0.255. The number of likely N-dealkylation sites (tertiary alicyclic amines) is 1. The molecule has 1 aromatic carbocycles. The lowest BCUT2D eigenvalue weighted by Gasteiger charge is -2.22.